The van der Waals surface area contributed by atoms with Crippen molar-refractivity contribution in [2.45, 2.75) is 84.8 Å². The second kappa shape index (κ2) is 12.5. The molecule has 7 nitrogen and oxygen atoms in total. The van der Waals surface area contributed by atoms with E-state index in [0.717, 1.165) is 24.3 Å². The number of carbonyl (C=O) groups excluding carboxylic acids is 2. The molecule has 0 saturated heterocycles. The van der Waals surface area contributed by atoms with Crippen molar-refractivity contribution in [1.29, 1.82) is 0 Å². The summed E-state index contributed by atoms with van der Waals surface area (Å²) in [6.07, 6.45) is 6.03. The first-order valence-electron chi connectivity index (χ1n) is 10.4. The second-order valence-electron chi connectivity index (χ2n) is 8.39. The molecule has 1 aliphatic heterocycles. The van der Waals surface area contributed by atoms with Gasteiger partial charge in [0.15, 0.2) is 11.9 Å². The molecule has 0 aromatic heterocycles. The minimum Gasteiger partial charge on any atom is -0.505 e. The molecule has 3 unspecified atom stereocenters. The van der Waals surface area contributed by atoms with E-state index in [2.05, 4.69) is 25.5 Å². The van der Waals surface area contributed by atoms with Gasteiger partial charge in [0.25, 0.3) is 0 Å². The number of aliphatic hydroxyl groups excluding tert-OH is 3. The van der Waals surface area contributed by atoms with Gasteiger partial charge in [-0.2, -0.15) is 0 Å². The van der Waals surface area contributed by atoms with Gasteiger partial charge >= 0.3 is 11.9 Å². The quantitative estimate of drug-likeness (QED) is 0.308. The van der Waals surface area contributed by atoms with Crippen molar-refractivity contribution in [3.8, 4) is 0 Å². The Morgan fingerprint density at radius 2 is 1.83 bits per heavy atom. The third kappa shape index (κ3) is 9.35. The summed E-state index contributed by atoms with van der Waals surface area (Å²) in [5, 5.41) is 28.6. The molecule has 0 bridgehead atoms. The van der Waals surface area contributed by atoms with E-state index in [-0.39, 0.29) is 6.42 Å². The number of allylic oxidation sites excluding steroid dienone is 1. The van der Waals surface area contributed by atoms with E-state index in [9.17, 15) is 24.9 Å². The normalized spacial score (nSPS) is 19.4. The Kier molecular flexibility index (Phi) is 10.8. The number of aliphatic hydroxyl groups is 3. The van der Waals surface area contributed by atoms with Crippen LogP contribution in [-0.4, -0.2) is 46.1 Å². The topological polar surface area (TPSA) is 113 Å². The Hall–Kier alpha value is -2.02. The number of hydrogen-bond acceptors (Lipinski definition) is 7. The standard InChI is InChI=1S/C22H36O7/c1-14(2)7-5-8-15(3)9-6-10-16(4)11-12-18(24)28-13-17(23)21-19(25)20(26)22(27)29-21/h11,14-15,17,21,23,25-26H,5-10,12-13H2,1-4H3. The lowest BCUT2D eigenvalue weighted by atomic mass is 9.94. The van der Waals surface area contributed by atoms with E-state index in [1.54, 1.807) is 0 Å². The molecule has 29 heavy (non-hydrogen) atoms. The van der Waals surface area contributed by atoms with Gasteiger partial charge in [-0.15, -0.1) is 0 Å². The van der Waals surface area contributed by atoms with Crippen LogP contribution in [0.4, 0.5) is 0 Å². The van der Waals surface area contributed by atoms with Gasteiger partial charge < -0.3 is 24.8 Å². The summed E-state index contributed by atoms with van der Waals surface area (Å²) in [4.78, 5) is 22.9. The zero-order valence-electron chi connectivity index (χ0n) is 18.0. The zero-order valence-corrected chi connectivity index (χ0v) is 18.0. The first-order valence-corrected chi connectivity index (χ1v) is 10.4. The summed E-state index contributed by atoms with van der Waals surface area (Å²) in [5.41, 5.74) is 1.12. The van der Waals surface area contributed by atoms with Crippen molar-refractivity contribution >= 4 is 11.9 Å². The Balaban J connectivity index is 2.22. The van der Waals surface area contributed by atoms with Crippen LogP contribution in [-0.2, 0) is 19.1 Å². The highest BCUT2D eigenvalue weighted by Crippen LogP contribution is 2.22. The lowest BCUT2D eigenvalue weighted by Crippen LogP contribution is -2.33. The van der Waals surface area contributed by atoms with Crippen LogP contribution in [0.3, 0.4) is 0 Å². The molecule has 1 aliphatic rings. The van der Waals surface area contributed by atoms with Crippen molar-refractivity contribution < 1.29 is 34.4 Å². The van der Waals surface area contributed by atoms with Gasteiger partial charge in [0.2, 0.25) is 5.76 Å². The molecule has 0 amide bonds. The molecule has 0 spiro atoms. The maximum absolute atomic E-state index is 11.8. The fourth-order valence-electron chi connectivity index (χ4n) is 3.16. The lowest BCUT2D eigenvalue weighted by molar-refractivity contribution is -0.154. The molecule has 3 N–H and O–H groups in total. The maximum atomic E-state index is 11.8. The highest BCUT2D eigenvalue weighted by Gasteiger charge is 2.39. The summed E-state index contributed by atoms with van der Waals surface area (Å²) >= 11 is 0. The molecule has 7 heteroatoms. The van der Waals surface area contributed by atoms with Crippen molar-refractivity contribution in [3.63, 3.8) is 0 Å². The van der Waals surface area contributed by atoms with E-state index in [0.29, 0.717) is 5.92 Å². The Morgan fingerprint density at radius 3 is 2.41 bits per heavy atom. The minimum absolute atomic E-state index is 0.0834. The van der Waals surface area contributed by atoms with E-state index < -0.39 is 42.3 Å². The molecular weight excluding hydrogens is 376 g/mol. The van der Waals surface area contributed by atoms with Gasteiger partial charge in [0.05, 0.1) is 6.42 Å². The first-order chi connectivity index (χ1) is 13.6. The Labute approximate surface area is 173 Å². The van der Waals surface area contributed by atoms with Gasteiger partial charge in [0.1, 0.15) is 12.7 Å². The Bertz CT molecular complexity index is 606. The number of rotatable bonds is 13. The number of esters is 2. The number of carbonyl (C=O) groups is 2. The minimum atomic E-state index is -1.45. The largest absolute Gasteiger partial charge is 0.505 e. The van der Waals surface area contributed by atoms with Gasteiger partial charge in [-0.25, -0.2) is 4.79 Å². The highest BCUT2D eigenvalue weighted by atomic mass is 16.6. The van der Waals surface area contributed by atoms with Crippen LogP contribution in [0, 0.1) is 11.8 Å². The van der Waals surface area contributed by atoms with Gasteiger partial charge in [-0.3, -0.25) is 4.79 Å². The van der Waals surface area contributed by atoms with Crippen LogP contribution in [0.25, 0.3) is 0 Å². The number of cyclic esters (lactones) is 1. The molecule has 0 fully saturated rings. The van der Waals surface area contributed by atoms with E-state index in [4.69, 9.17) is 4.74 Å². The maximum Gasteiger partial charge on any atom is 0.377 e. The fourth-order valence-corrected chi connectivity index (χ4v) is 3.16. The summed E-state index contributed by atoms with van der Waals surface area (Å²) in [6.45, 7) is 8.32. The summed E-state index contributed by atoms with van der Waals surface area (Å²) in [5.74, 6) is -1.87. The Morgan fingerprint density at radius 1 is 1.17 bits per heavy atom. The molecule has 0 saturated carbocycles. The third-order valence-electron chi connectivity index (χ3n) is 5.07. The van der Waals surface area contributed by atoms with Crippen LogP contribution in [0.1, 0.15) is 72.6 Å². The predicted octanol–water partition coefficient (Wildman–Crippen LogP) is 4.11. The lowest BCUT2D eigenvalue weighted by Gasteiger charge is -2.17. The SMILES string of the molecule is CC(=CCC(=O)OCC(O)C1OC(=O)C(O)=C1O)CCCC(C)CCCC(C)C. The number of ether oxygens (including phenoxy) is 2. The predicted molar refractivity (Wildman–Crippen MR) is 109 cm³/mol. The molecule has 1 heterocycles. The molecule has 166 valence electrons. The van der Waals surface area contributed by atoms with Gasteiger partial charge in [0, 0.05) is 0 Å². The van der Waals surface area contributed by atoms with Crippen molar-refractivity contribution in [1.82, 2.24) is 0 Å². The summed E-state index contributed by atoms with van der Waals surface area (Å²) in [6, 6.07) is 0. The van der Waals surface area contributed by atoms with Crippen molar-refractivity contribution in [2.24, 2.45) is 11.8 Å². The first kappa shape index (κ1) is 25.0. The molecule has 0 radical (unpaired) electrons. The smallest absolute Gasteiger partial charge is 0.377 e. The highest BCUT2D eigenvalue weighted by molar-refractivity contribution is 5.89. The molecule has 0 aromatic rings. The zero-order chi connectivity index (χ0) is 22.0. The van der Waals surface area contributed by atoms with Gasteiger partial charge in [-0.05, 0) is 31.6 Å². The van der Waals surface area contributed by atoms with Crippen LogP contribution < -0.4 is 0 Å². The molecule has 3 atom stereocenters. The fraction of sp³-hybridized carbons (Fsp3) is 0.727. The summed E-state index contributed by atoms with van der Waals surface area (Å²) in [7, 11) is 0. The van der Waals surface area contributed by atoms with Gasteiger partial charge in [-0.1, -0.05) is 58.1 Å². The van der Waals surface area contributed by atoms with Crippen molar-refractivity contribution in [2.75, 3.05) is 6.61 Å². The molecule has 0 aromatic carbocycles. The molecular formula is C22H36O7. The van der Waals surface area contributed by atoms with Crippen LogP contribution in [0.5, 0.6) is 0 Å². The monoisotopic (exact) mass is 412 g/mol. The molecule has 1 rings (SSSR count). The molecule has 0 aliphatic carbocycles. The second-order valence-corrected chi connectivity index (χ2v) is 8.39. The van der Waals surface area contributed by atoms with E-state index in [1.165, 1.54) is 25.7 Å². The van der Waals surface area contributed by atoms with Crippen molar-refractivity contribution in [3.05, 3.63) is 23.2 Å². The average Bonchev–Trinajstić information content (AvgIpc) is 2.91. The van der Waals surface area contributed by atoms with Crippen LogP contribution in [0.2, 0.25) is 0 Å². The van der Waals surface area contributed by atoms with Crippen LogP contribution in [0.15, 0.2) is 23.2 Å². The average molecular weight is 413 g/mol. The summed E-state index contributed by atoms with van der Waals surface area (Å²) < 4.78 is 9.56. The number of hydrogen-bond donors (Lipinski definition) is 3. The third-order valence-corrected chi connectivity index (χ3v) is 5.07. The van der Waals surface area contributed by atoms with Crippen LogP contribution >= 0.6 is 0 Å². The van der Waals surface area contributed by atoms with E-state index in [1.807, 2.05) is 13.0 Å². The van der Waals surface area contributed by atoms with E-state index >= 15 is 0 Å².